The summed E-state index contributed by atoms with van der Waals surface area (Å²) in [5.41, 5.74) is 0.527. The summed E-state index contributed by atoms with van der Waals surface area (Å²) in [4.78, 5) is 0. The van der Waals surface area contributed by atoms with Crippen molar-refractivity contribution in [2.75, 3.05) is 19.3 Å². The highest BCUT2D eigenvalue weighted by Crippen LogP contribution is 2.46. The minimum absolute atomic E-state index is 0.527. The Morgan fingerprint density at radius 1 is 1.50 bits per heavy atom. The normalized spacial score (nSPS) is 28.4. The van der Waals surface area contributed by atoms with Gasteiger partial charge in [-0.1, -0.05) is 40.7 Å². The van der Waals surface area contributed by atoms with Crippen LogP contribution in [-0.4, -0.2) is 19.3 Å². The Kier molecular flexibility index (Phi) is 5.12. The third-order valence-corrected chi connectivity index (χ3v) is 4.91. The van der Waals surface area contributed by atoms with Crippen LogP contribution in [0.25, 0.3) is 0 Å². The summed E-state index contributed by atoms with van der Waals surface area (Å²) in [6.07, 6.45) is 7.90. The fourth-order valence-electron chi connectivity index (χ4n) is 2.02. The first kappa shape index (κ1) is 12.2. The van der Waals surface area contributed by atoms with Gasteiger partial charge in [0.25, 0.3) is 0 Å². The first-order valence-electron chi connectivity index (χ1n) is 5.86. The van der Waals surface area contributed by atoms with Crippen LogP contribution in [0, 0.1) is 5.41 Å². The molecule has 1 heterocycles. The second-order valence-corrected chi connectivity index (χ2v) is 5.84. The van der Waals surface area contributed by atoms with Crippen LogP contribution in [0.1, 0.15) is 40.0 Å². The van der Waals surface area contributed by atoms with Crippen molar-refractivity contribution < 1.29 is 0 Å². The molecule has 0 aromatic rings. The molecule has 0 amide bonds. The Balaban J connectivity index is 2.26. The zero-order valence-electron chi connectivity index (χ0n) is 9.82. The van der Waals surface area contributed by atoms with Crippen LogP contribution in [0.4, 0.5) is 0 Å². The van der Waals surface area contributed by atoms with Gasteiger partial charge in [0.05, 0.1) is 0 Å². The molecule has 2 heteroatoms. The second-order valence-electron chi connectivity index (χ2n) is 4.49. The average Bonchev–Trinajstić information content (AvgIpc) is 2.56. The van der Waals surface area contributed by atoms with Gasteiger partial charge in [0.1, 0.15) is 0 Å². The maximum atomic E-state index is 3.40. The van der Waals surface area contributed by atoms with Crippen molar-refractivity contribution in [3.8, 4) is 0 Å². The van der Waals surface area contributed by atoms with E-state index in [1.165, 1.54) is 32.0 Å². The van der Waals surface area contributed by atoms with E-state index in [1.807, 2.05) is 0 Å². The minimum Gasteiger partial charge on any atom is -0.317 e. The molecule has 0 aliphatic carbocycles. The van der Waals surface area contributed by atoms with Crippen molar-refractivity contribution in [2.45, 2.75) is 40.0 Å². The highest BCUT2D eigenvalue weighted by atomic mass is 31.1. The molecule has 0 saturated heterocycles. The van der Waals surface area contributed by atoms with Crippen molar-refractivity contribution in [2.24, 2.45) is 5.41 Å². The van der Waals surface area contributed by atoms with E-state index in [4.69, 9.17) is 0 Å². The van der Waals surface area contributed by atoms with Gasteiger partial charge in [0.2, 0.25) is 0 Å². The van der Waals surface area contributed by atoms with Gasteiger partial charge in [-0.25, -0.2) is 0 Å². The maximum Gasteiger partial charge on any atom is -0.00487 e. The van der Waals surface area contributed by atoms with Crippen LogP contribution in [0.2, 0.25) is 0 Å². The molecule has 0 bridgehead atoms. The molecule has 82 valence electrons. The molecule has 1 aliphatic heterocycles. The fourth-order valence-corrected chi connectivity index (χ4v) is 3.63. The van der Waals surface area contributed by atoms with Crippen LogP contribution in [0.3, 0.4) is 0 Å². The third-order valence-electron chi connectivity index (χ3n) is 2.97. The van der Waals surface area contributed by atoms with Crippen LogP contribution < -0.4 is 5.32 Å². The molecule has 0 spiro atoms. The third kappa shape index (κ3) is 3.71. The molecular formula is C12H24NP. The molecule has 0 saturated carbocycles. The minimum atomic E-state index is 0.527. The summed E-state index contributed by atoms with van der Waals surface area (Å²) in [7, 11) is 1.10. The molecule has 14 heavy (non-hydrogen) atoms. The lowest BCUT2D eigenvalue weighted by molar-refractivity contribution is 0.427. The van der Waals surface area contributed by atoms with E-state index in [1.54, 1.807) is 5.31 Å². The summed E-state index contributed by atoms with van der Waals surface area (Å²) >= 11 is 0. The fraction of sp³-hybridized carbons (Fsp3) is 0.833. The lowest BCUT2D eigenvalue weighted by Gasteiger charge is -2.21. The van der Waals surface area contributed by atoms with Gasteiger partial charge in [0, 0.05) is 0 Å². The predicted molar refractivity (Wildman–Crippen MR) is 67.4 cm³/mol. The second kappa shape index (κ2) is 5.88. The van der Waals surface area contributed by atoms with E-state index in [9.17, 15) is 0 Å². The maximum absolute atomic E-state index is 3.40. The number of hydrogen-bond acceptors (Lipinski definition) is 1. The van der Waals surface area contributed by atoms with Gasteiger partial charge in [-0.05, 0) is 43.9 Å². The molecule has 2 unspecified atom stereocenters. The average molecular weight is 213 g/mol. The molecular weight excluding hydrogens is 189 g/mol. The molecule has 1 nitrogen and oxygen atoms in total. The molecule has 1 aliphatic rings. The van der Waals surface area contributed by atoms with E-state index in [2.05, 4.69) is 32.2 Å². The van der Waals surface area contributed by atoms with E-state index in [0.29, 0.717) is 5.41 Å². The zero-order chi connectivity index (χ0) is 10.4. The molecule has 1 N–H and O–H groups in total. The van der Waals surface area contributed by atoms with Gasteiger partial charge < -0.3 is 5.32 Å². The van der Waals surface area contributed by atoms with E-state index in [-0.39, 0.29) is 0 Å². The van der Waals surface area contributed by atoms with Crippen molar-refractivity contribution in [3.05, 3.63) is 11.4 Å². The lowest BCUT2D eigenvalue weighted by atomic mass is 9.87. The molecule has 0 fully saturated rings. The zero-order valence-corrected chi connectivity index (χ0v) is 10.8. The number of nitrogens with one attached hydrogen (secondary N) is 1. The van der Waals surface area contributed by atoms with Gasteiger partial charge >= 0.3 is 0 Å². The number of rotatable bonds is 6. The van der Waals surface area contributed by atoms with Crippen molar-refractivity contribution in [3.63, 3.8) is 0 Å². The Morgan fingerprint density at radius 3 is 2.86 bits per heavy atom. The van der Waals surface area contributed by atoms with E-state index < -0.39 is 0 Å². The molecule has 0 aromatic carbocycles. The number of allylic oxidation sites excluding steroid dienone is 2. The van der Waals surface area contributed by atoms with Gasteiger partial charge in [-0.3, -0.25) is 0 Å². The van der Waals surface area contributed by atoms with E-state index >= 15 is 0 Å². The highest BCUT2D eigenvalue weighted by molar-refractivity contribution is 7.43. The highest BCUT2D eigenvalue weighted by Gasteiger charge is 2.26. The molecule has 2 atom stereocenters. The first-order chi connectivity index (χ1) is 6.70. The smallest absolute Gasteiger partial charge is 0.00487 e. The summed E-state index contributed by atoms with van der Waals surface area (Å²) in [5.74, 6) is 0. The van der Waals surface area contributed by atoms with Gasteiger partial charge in [-0.15, -0.1) is 0 Å². The predicted octanol–water partition coefficient (Wildman–Crippen LogP) is 3.37. The Labute approximate surface area is 90.5 Å². The largest absolute Gasteiger partial charge is 0.317 e. The van der Waals surface area contributed by atoms with Crippen molar-refractivity contribution >= 4 is 8.58 Å². The van der Waals surface area contributed by atoms with Gasteiger partial charge in [0.15, 0.2) is 0 Å². The molecule has 0 aromatic heterocycles. The van der Waals surface area contributed by atoms with E-state index in [0.717, 1.165) is 15.1 Å². The number of hydrogen-bond donors (Lipinski definition) is 1. The summed E-state index contributed by atoms with van der Waals surface area (Å²) < 4.78 is 0. The Bertz CT molecular complexity index is 200. The Hall–Kier alpha value is 0.130. The lowest BCUT2D eigenvalue weighted by Crippen LogP contribution is -2.19. The van der Waals surface area contributed by atoms with Crippen molar-refractivity contribution in [1.29, 1.82) is 0 Å². The Morgan fingerprint density at radius 2 is 2.29 bits per heavy atom. The summed E-state index contributed by atoms with van der Waals surface area (Å²) in [6.45, 7) is 9.17. The van der Waals surface area contributed by atoms with Gasteiger partial charge in [-0.2, -0.15) is 0 Å². The summed E-state index contributed by atoms with van der Waals surface area (Å²) in [5, 5.41) is 5.10. The summed E-state index contributed by atoms with van der Waals surface area (Å²) in [6, 6.07) is 0. The molecule has 1 rings (SSSR count). The standard InChI is InChI=1S/C12H24NP/c1-4-11-9-12(3,10-14-11)7-6-8-13-5-2/h9,13-14H,4-8,10H2,1-3H3. The monoisotopic (exact) mass is 213 g/mol. The van der Waals surface area contributed by atoms with Crippen LogP contribution in [0.15, 0.2) is 11.4 Å². The van der Waals surface area contributed by atoms with Crippen molar-refractivity contribution in [1.82, 2.24) is 5.32 Å². The van der Waals surface area contributed by atoms with Crippen LogP contribution in [-0.2, 0) is 0 Å². The first-order valence-corrected chi connectivity index (χ1v) is 7.07. The SMILES string of the molecule is CCNCCCC1(C)C=C(CC)PC1. The molecule has 0 radical (unpaired) electrons. The van der Waals surface area contributed by atoms with Crippen LogP contribution >= 0.6 is 8.58 Å². The quantitative estimate of drug-likeness (QED) is 0.527. The van der Waals surface area contributed by atoms with Crippen LogP contribution in [0.5, 0.6) is 0 Å². The topological polar surface area (TPSA) is 12.0 Å².